The van der Waals surface area contributed by atoms with Crippen LogP contribution in [0, 0.1) is 0 Å². The maximum Gasteiger partial charge on any atom is 0.267 e. The van der Waals surface area contributed by atoms with E-state index in [2.05, 4.69) is 15.0 Å². The van der Waals surface area contributed by atoms with Gasteiger partial charge in [-0.1, -0.05) is 0 Å². The van der Waals surface area contributed by atoms with Crippen molar-refractivity contribution < 1.29 is 13.2 Å². The molecule has 0 spiro atoms. The van der Waals surface area contributed by atoms with Crippen LogP contribution in [0.3, 0.4) is 0 Å². The van der Waals surface area contributed by atoms with Crippen molar-refractivity contribution in [3.63, 3.8) is 0 Å². The zero-order valence-electron chi connectivity index (χ0n) is 11.1. The van der Waals surface area contributed by atoms with Crippen molar-refractivity contribution in [1.29, 1.82) is 0 Å². The van der Waals surface area contributed by atoms with Crippen molar-refractivity contribution >= 4 is 27.3 Å². The zero-order valence-corrected chi connectivity index (χ0v) is 11.9. The summed E-state index contributed by atoms with van der Waals surface area (Å²) in [6.07, 6.45) is 2.47. The van der Waals surface area contributed by atoms with Crippen LogP contribution < -0.4 is 15.5 Å². The van der Waals surface area contributed by atoms with Gasteiger partial charge in [-0.3, -0.25) is 14.3 Å². The van der Waals surface area contributed by atoms with Gasteiger partial charge in [0.15, 0.2) is 4.90 Å². The lowest BCUT2D eigenvalue weighted by molar-refractivity contribution is -0.114. The van der Waals surface area contributed by atoms with Gasteiger partial charge in [0, 0.05) is 36.8 Å². The van der Waals surface area contributed by atoms with Crippen LogP contribution in [-0.4, -0.2) is 19.3 Å². The van der Waals surface area contributed by atoms with E-state index < -0.39 is 15.5 Å². The number of aromatic amines is 1. The van der Waals surface area contributed by atoms with Gasteiger partial charge in [-0.15, -0.1) is 0 Å². The van der Waals surface area contributed by atoms with Gasteiger partial charge in [0.05, 0.1) is 0 Å². The number of benzene rings is 1. The van der Waals surface area contributed by atoms with Gasteiger partial charge in [0.25, 0.3) is 10.0 Å². The second kappa shape index (κ2) is 5.80. The lowest BCUT2D eigenvalue weighted by Gasteiger charge is -2.08. The first-order valence-electron chi connectivity index (χ1n) is 5.96. The Morgan fingerprint density at radius 3 is 2.29 bits per heavy atom. The second-order valence-electron chi connectivity index (χ2n) is 4.24. The van der Waals surface area contributed by atoms with E-state index in [0.717, 1.165) is 12.3 Å². The monoisotopic (exact) mass is 307 g/mol. The standard InChI is InChI=1S/C13H13N3O4S/c1-9(17)15-10-2-4-11(5-3-10)16-21(19,20)13-8-14-7-6-12(13)18/h2-8,16H,1H3,(H,14,18)(H,15,17). The topological polar surface area (TPSA) is 108 Å². The van der Waals surface area contributed by atoms with Crippen LogP contribution in [0.15, 0.2) is 52.4 Å². The van der Waals surface area contributed by atoms with Crippen molar-refractivity contribution in [2.45, 2.75) is 11.8 Å². The molecular formula is C13H13N3O4S. The first-order chi connectivity index (χ1) is 9.88. The summed E-state index contributed by atoms with van der Waals surface area (Å²) in [7, 11) is -3.96. The molecule has 0 saturated carbocycles. The van der Waals surface area contributed by atoms with Gasteiger partial charge in [0.1, 0.15) is 0 Å². The number of aromatic nitrogens is 1. The van der Waals surface area contributed by atoms with Gasteiger partial charge in [-0.05, 0) is 24.3 Å². The molecule has 2 aromatic rings. The molecule has 0 radical (unpaired) electrons. The maximum atomic E-state index is 12.1. The summed E-state index contributed by atoms with van der Waals surface area (Å²) in [5.41, 5.74) is 0.228. The van der Waals surface area contributed by atoms with Gasteiger partial charge >= 0.3 is 0 Å². The van der Waals surface area contributed by atoms with Crippen LogP contribution in [-0.2, 0) is 14.8 Å². The molecule has 0 saturated heterocycles. The molecule has 7 nitrogen and oxygen atoms in total. The van der Waals surface area contributed by atoms with E-state index in [-0.39, 0.29) is 16.5 Å². The fourth-order valence-electron chi connectivity index (χ4n) is 1.65. The molecule has 0 aliphatic rings. The van der Waals surface area contributed by atoms with Crippen molar-refractivity contribution in [2.24, 2.45) is 0 Å². The van der Waals surface area contributed by atoms with E-state index in [1.54, 1.807) is 12.1 Å². The Morgan fingerprint density at radius 1 is 1.10 bits per heavy atom. The molecule has 8 heteroatoms. The third-order valence-electron chi connectivity index (χ3n) is 2.54. The van der Waals surface area contributed by atoms with Gasteiger partial charge < -0.3 is 10.3 Å². The summed E-state index contributed by atoms with van der Waals surface area (Å²) < 4.78 is 26.5. The number of anilines is 2. The van der Waals surface area contributed by atoms with E-state index in [1.165, 1.54) is 25.3 Å². The smallest absolute Gasteiger partial charge is 0.267 e. The number of carbonyl (C=O) groups is 1. The molecule has 110 valence electrons. The molecule has 0 fully saturated rings. The number of amides is 1. The Balaban J connectivity index is 2.23. The van der Waals surface area contributed by atoms with Crippen LogP contribution >= 0.6 is 0 Å². The number of H-pyrrole nitrogens is 1. The number of carbonyl (C=O) groups excluding carboxylic acids is 1. The average molecular weight is 307 g/mol. The van der Waals surface area contributed by atoms with Crippen LogP contribution in [0.4, 0.5) is 11.4 Å². The number of sulfonamides is 1. The molecule has 21 heavy (non-hydrogen) atoms. The first-order valence-corrected chi connectivity index (χ1v) is 7.44. The molecule has 3 N–H and O–H groups in total. The lowest BCUT2D eigenvalue weighted by atomic mass is 10.3. The fraction of sp³-hybridized carbons (Fsp3) is 0.0769. The van der Waals surface area contributed by atoms with E-state index in [1.807, 2.05) is 0 Å². The second-order valence-corrected chi connectivity index (χ2v) is 5.89. The van der Waals surface area contributed by atoms with Crippen LogP contribution in [0.5, 0.6) is 0 Å². The largest absolute Gasteiger partial charge is 0.366 e. The lowest BCUT2D eigenvalue weighted by Crippen LogP contribution is -2.20. The molecule has 0 bridgehead atoms. The maximum absolute atomic E-state index is 12.1. The Hall–Kier alpha value is -2.61. The molecule has 1 aromatic carbocycles. The number of rotatable bonds is 4. The molecule has 2 rings (SSSR count). The predicted molar refractivity (Wildman–Crippen MR) is 78.6 cm³/mol. The Labute approximate surface area is 121 Å². The van der Waals surface area contributed by atoms with Crippen molar-refractivity contribution in [3.05, 3.63) is 52.9 Å². The molecule has 0 unspecified atom stereocenters. The third kappa shape index (κ3) is 3.69. The summed E-state index contributed by atoms with van der Waals surface area (Å²) in [6.45, 7) is 1.37. The molecule has 1 aromatic heterocycles. The summed E-state index contributed by atoms with van der Waals surface area (Å²) in [5.74, 6) is -0.223. The molecule has 1 heterocycles. The summed E-state index contributed by atoms with van der Waals surface area (Å²) in [4.78, 5) is 24.6. The normalized spacial score (nSPS) is 10.9. The Morgan fingerprint density at radius 2 is 1.71 bits per heavy atom. The number of hydrogen-bond acceptors (Lipinski definition) is 4. The van der Waals surface area contributed by atoms with E-state index in [0.29, 0.717) is 5.69 Å². The molecule has 0 aliphatic heterocycles. The van der Waals surface area contributed by atoms with Crippen molar-refractivity contribution in [2.75, 3.05) is 10.0 Å². The van der Waals surface area contributed by atoms with Gasteiger partial charge in [-0.25, -0.2) is 8.42 Å². The highest BCUT2D eigenvalue weighted by Gasteiger charge is 2.17. The van der Waals surface area contributed by atoms with Gasteiger partial charge in [-0.2, -0.15) is 0 Å². The number of nitrogens with one attached hydrogen (secondary N) is 3. The molecule has 0 aliphatic carbocycles. The van der Waals surface area contributed by atoms with Crippen LogP contribution in [0.2, 0.25) is 0 Å². The Kier molecular flexibility index (Phi) is 4.08. The first kappa shape index (κ1) is 14.8. The minimum atomic E-state index is -3.96. The third-order valence-corrected chi connectivity index (χ3v) is 3.94. The Bertz CT molecular complexity index is 810. The van der Waals surface area contributed by atoms with Crippen molar-refractivity contribution in [1.82, 2.24) is 4.98 Å². The van der Waals surface area contributed by atoms with E-state index >= 15 is 0 Å². The number of hydrogen-bond donors (Lipinski definition) is 3. The SMILES string of the molecule is CC(=O)Nc1ccc(NS(=O)(=O)c2c[nH]ccc2=O)cc1. The molecule has 1 amide bonds. The summed E-state index contributed by atoms with van der Waals surface area (Å²) >= 11 is 0. The quantitative estimate of drug-likeness (QED) is 0.787. The minimum absolute atomic E-state index is 0.223. The number of pyridine rings is 1. The minimum Gasteiger partial charge on any atom is -0.366 e. The highest BCUT2D eigenvalue weighted by molar-refractivity contribution is 7.92. The zero-order chi connectivity index (χ0) is 15.5. The van der Waals surface area contributed by atoms with E-state index in [9.17, 15) is 18.0 Å². The summed E-state index contributed by atoms with van der Waals surface area (Å²) in [5, 5.41) is 2.56. The van der Waals surface area contributed by atoms with Gasteiger partial charge in [0.2, 0.25) is 11.3 Å². The highest BCUT2D eigenvalue weighted by atomic mass is 32.2. The van der Waals surface area contributed by atoms with E-state index in [4.69, 9.17) is 0 Å². The molecular weight excluding hydrogens is 294 g/mol. The molecule has 0 atom stereocenters. The summed E-state index contributed by atoms with van der Waals surface area (Å²) in [6, 6.07) is 7.21. The highest BCUT2D eigenvalue weighted by Crippen LogP contribution is 2.16. The van der Waals surface area contributed by atoms with Crippen molar-refractivity contribution in [3.8, 4) is 0 Å². The van der Waals surface area contributed by atoms with Crippen LogP contribution in [0.1, 0.15) is 6.92 Å². The average Bonchev–Trinajstić information content (AvgIpc) is 2.40. The fourth-order valence-corrected chi connectivity index (χ4v) is 2.76. The predicted octanol–water partition coefficient (Wildman–Crippen LogP) is 1.13. The van der Waals surface area contributed by atoms with Crippen LogP contribution in [0.25, 0.3) is 0 Å².